The number of carboxylic acid groups (broad SMARTS) is 2. The molecule has 1 amide bonds. The van der Waals surface area contributed by atoms with Crippen LogP contribution in [0, 0.1) is 0 Å². The number of carbonyl (C=O) groups excluding carboxylic acids is 1. The van der Waals surface area contributed by atoms with E-state index < -0.39 is 11.9 Å². The molecule has 0 saturated heterocycles. The third-order valence-electron chi connectivity index (χ3n) is 8.38. The number of aromatic nitrogens is 3. The molecule has 2 unspecified atom stereocenters. The highest BCUT2D eigenvalue weighted by atomic mass is 16.4. The molecule has 2 atom stereocenters. The summed E-state index contributed by atoms with van der Waals surface area (Å²) >= 11 is 0. The zero-order chi connectivity index (χ0) is 34.3. The van der Waals surface area contributed by atoms with Gasteiger partial charge in [0.1, 0.15) is 0 Å². The lowest BCUT2D eigenvalue weighted by molar-refractivity contribution is -0.142. The molecule has 4 N–H and O–H groups in total. The standard InChI is InChI=1S/C35H45N7O6/c1-26(43)21-41(24-33(44)45)31-10-2-3-11-32(31)42(25-34(46)47)23-30-13-12-27(20-39-30)35(48)38-17-19-40(22-29-9-5-7-16-37-29)18-14-28-8-4-6-15-36-28/h4-9,12-13,15-16,20,31-32,43H,1-3,10-11,14,17-19,21-25H2,(H,38,48)(H,44,45)(H,46,47). The molecule has 13 nitrogen and oxygen atoms in total. The molecule has 1 saturated carbocycles. The number of hydrogen-bond acceptors (Lipinski definition) is 10. The van der Waals surface area contributed by atoms with Crippen molar-refractivity contribution in [2.45, 2.75) is 57.3 Å². The summed E-state index contributed by atoms with van der Waals surface area (Å²) in [4.78, 5) is 55.6. The molecular weight excluding hydrogens is 614 g/mol. The van der Waals surface area contributed by atoms with E-state index in [4.69, 9.17) is 0 Å². The van der Waals surface area contributed by atoms with E-state index in [1.54, 1.807) is 34.3 Å². The Labute approximate surface area is 281 Å². The molecule has 1 aliphatic rings. The topological polar surface area (TPSA) is 172 Å². The third-order valence-corrected chi connectivity index (χ3v) is 8.38. The predicted molar refractivity (Wildman–Crippen MR) is 179 cm³/mol. The van der Waals surface area contributed by atoms with Crippen LogP contribution in [0.5, 0.6) is 0 Å². The Morgan fingerprint density at radius 1 is 0.750 bits per heavy atom. The largest absolute Gasteiger partial charge is 0.512 e. The highest BCUT2D eigenvalue weighted by Gasteiger charge is 2.36. The first-order chi connectivity index (χ1) is 23.2. The summed E-state index contributed by atoms with van der Waals surface area (Å²) in [5.74, 6) is -2.46. The fourth-order valence-corrected chi connectivity index (χ4v) is 6.21. The normalized spacial score (nSPS) is 16.2. The molecule has 1 aliphatic carbocycles. The van der Waals surface area contributed by atoms with Crippen molar-refractivity contribution in [1.29, 1.82) is 0 Å². The molecule has 0 radical (unpaired) electrons. The monoisotopic (exact) mass is 659 g/mol. The van der Waals surface area contributed by atoms with Gasteiger partial charge in [-0.2, -0.15) is 0 Å². The number of aliphatic hydroxyl groups is 1. The zero-order valence-electron chi connectivity index (χ0n) is 27.2. The molecule has 4 rings (SSSR count). The molecule has 48 heavy (non-hydrogen) atoms. The van der Waals surface area contributed by atoms with Crippen LogP contribution in [0.15, 0.2) is 79.5 Å². The fourth-order valence-electron chi connectivity index (χ4n) is 6.21. The molecule has 3 aromatic heterocycles. The summed E-state index contributed by atoms with van der Waals surface area (Å²) in [5.41, 5.74) is 2.91. The smallest absolute Gasteiger partial charge is 0.317 e. The van der Waals surface area contributed by atoms with E-state index in [-0.39, 0.29) is 49.9 Å². The summed E-state index contributed by atoms with van der Waals surface area (Å²) in [7, 11) is 0. The number of hydrogen-bond donors (Lipinski definition) is 4. The molecule has 3 aromatic rings. The van der Waals surface area contributed by atoms with Crippen LogP contribution in [0.4, 0.5) is 0 Å². The number of nitrogens with zero attached hydrogens (tertiary/aromatic N) is 6. The summed E-state index contributed by atoms with van der Waals surface area (Å²) in [6.45, 7) is 5.57. The number of rotatable bonds is 19. The van der Waals surface area contributed by atoms with E-state index in [0.29, 0.717) is 43.7 Å². The van der Waals surface area contributed by atoms with Gasteiger partial charge < -0.3 is 20.6 Å². The third kappa shape index (κ3) is 11.8. The van der Waals surface area contributed by atoms with Crippen molar-refractivity contribution in [2.24, 2.45) is 0 Å². The molecule has 3 heterocycles. The second kappa shape index (κ2) is 18.6. The second-order valence-corrected chi connectivity index (χ2v) is 12.0. The Bertz CT molecular complexity index is 1460. The van der Waals surface area contributed by atoms with Crippen molar-refractivity contribution < 1.29 is 29.7 Å². The molecule has 0 aliphatic heterocycles. The zero-order valence-corrected chi connectivity index (χ0v) is 27.2. The Balaban J connectivity index is 1.37. The van der Waals surface area contributed by atoms with Crippen LogP contribution in [0.3, 0.4) is 0 Å². The minimum atomic E-state index is -1.04. The lowest BCUT2D eigenvalue weighted by Crippen LogP contribution is -2.55. The van der Waals surface area contributed by atoms with Gasteiger partial charge in [0.25, 0.3) is 5.91 Å². The van der Waals surface area contributed by atoms with Crippen molar-refractivity contribution >= 4 is 17.8 Å². The maximum Gasteiger partial charge on any atom is 0.317 e. The minimum absolute atomic E-state index is 0.0123. The van der Waals surface area contributed by atoms with Gasteiger partial charge in [-0.05, 0) is 49.2 Å². The Kier molecular flexibility index (Phi) is 14.0. The van der Waals surface area contributed by atoms with E-state index in [0.717, 1.165) is 37.2 Å². The predicted octanol–water partition coefficient (Wildman–Crippen LogP) is 3.00. The summed E-state index contributed by atoms with van der Waals surface area (Å²) < 4.78 is 0. The number of aliphatic hydroxyl groups excluding tert-OH is 1. The fraction of sp³-hybridized carbons (Fsp3) is 0.429. The maximum atomic E-state index is 13.0. The van der Waals surface area contributed by atoms with E-state index >= 15 is 0 Å². The highest BCUT2D eigenvalue weighted by molar-refractivity contribution is 5.93. The molecule has 13 heteroatoms. The van der Waals surface area contributed by atoms with Gasteiger partial charge in [0, 0.05) is 75.5 Å². The van der Waals surface area contributed by atoms with E-state index in [1.165, 1.54) is 6.20 Å². The van der Waals surface area contributed by atoms with Gasteiger partial charge in [0.15, 0.2) is 0 Å². The number of pyridine rings is 3. The molecule has 0 bridgehead atoms. The summed E-state index contributed by atoms with van der Waals surface area (Å²) in [6.07, 6.45) is 8.87. The second-order valence-electron chi connectivity index (χ2n) is 12.0. The average molecular weight is 660 g/mol. The number of carbonyl (C=O) groups is 3. The van der Waals surface area contributed by atoms with Crippen molar-refractivity contribution in [3.63, 3.8) is 0 Å². The van der Waals surface area contributed by atoms with Gasteiger partial charge in [-0.1, -0.05) is 31.6 Å². The van der Waals surface area contributed by atoms with Gasteiger partial charge in [-0.3, -0.25) is 44.0 Å². The van der Waals surface area contributed by atoms with Crippen molar-refractivity contribution in [3.05, 3.63) is 102 Å². The number of aliphatic carboxylic acids is 2. The van der Waals surface area contributed by atoms with E-state index in [1.807, 2.05) is 36.4 Å². The Morgan fingerprint density at radius 3 is 1.96 bits per heavy atom. The van der Waals surface area contributed by atoms with Gasteiger partial charge in [0.05, 0.1) is 42.3 Å². The molecule has 0 spiro atoms. The SMILES string of the molecule is C=C(O)CN(CC(=O)O)C1CCCCC1N(CC(=O)O)Cc1ccc(C(=O)NCCN(CCc2ccccn2)Cc2ccccn2)cn1. The lowest BCUT2D eigenvalue weighted by Gasteiger charge is -2.44. The Morgan fingerprint density at radius 2 is 1.38 bits per heavy atom. The van der Waals surface area contributed by atoms with Crippen LogP contribution in [-0.2, 0) is 29.1 Å². The summed E-state index contributed by atoms with van der Waals surface area (Å²) in [5, 5.41) is 32.1. The van der Waals surface area contributed by atoms with Crippen LogP contribution in [0.25, 0.3) is 0 Å². The van der Waals surface area contributed by atoms with Crippen LogP contribution >= 0.6 is 0 Å². The number of carboxylic acids is 2. The van der Waals surface area contributed by atoms with Gasteiger partial charge in [0.2, 0.25) is 0 Å². The minimum Gasteiger partial charge on any atom is -0.512 e. The highest BCUT2D eigenvalue weighted by Crippen LogP contribution is 2.29. The van der Waals surface area contributed by atoms with Crippen LogP contribution in [-0.4, -0.2) is 114 Å². The van der Waals surface area contributed by atoms with E-state index in [2.05, 4.69) is 31.7 Å². The number of nitrogens with one attached hydrogen (secondary N) is 1. The van der Waals surface area contributed by atoms with Crippen molar-refractivity contribution in [3.8, 4) is 0 Å². The first kappa shape index (κ1) is 36.1. The van der Waals surface area contributed by atoms with Gasteiger partial charge in [-0.15, -0.1) is 0 Å². The summed E-state index contributed by atoms with van der Waals surface area (Å²) in [6, 6.07) is 14.5. The maximum absolute atomic E-state index is 13.0. The van der Waals surface area contributed by atoms with Crippen molar-refractivity contribution in [1.82, 2.24) is 35.0 Å². The van der Waals surface area contributed by atoms with Crippen LogP contribution in [0.2, 0.25) is 0 Å². The van der Waals surface area contributed by atoms with Crippen LogP contribution in [0.1, 0.15) is 53.1 Å². The Hall–Kier alpha value is -4.72. The van der Waals surface area contributed by atoms with Crippen LogP contribution < -0.4 is 5.32 Å². The van der Waals surface area contributed by atoms with Gasteiger partial charge >= 0.3 is 11.9 Å². The quantitative estimate of drug-likeness (QED) is 0.139. The first-order valence-corrected chi connectivity index (χ1v) is 16.2. The molecular formula is C35H45N7O6. The lowest BCUT2D eigenvalue weighted by atomic mass is 9.87. The molecule has 256 valence electrons. The van der Waals surface area contributed by atoms with Crippen molar-refractivity contribution in [2.75, 3.05) is 39.3 Å². The molecule has 1 fully saturated rings. The van der Waals surface area contributed by atoms with E-state index in [9.17, 15) is 29.7 Å². The van der Waals surface area contributed by atoms with Gasteiger partial charge in [-0.25, -0.2) is 0 Å². The first-order valence-electron chi connectivity index (χ1n) is 16.2. The average Bonchev–Trinajstić information content (AvgIpc) is 3.07. The molecule has 0 aromatic carbocycles. The number of amides is 1.